The zero-order valence-electron chi connectivity index (χ0n) is 18.9. The largest absolute Gasteiger partial charge is 0.381 e. The molecule has 3 aliphatic heterocycles. The maximum Gasteiger partial charge on any atom is 0.257 e. The number of carbonyl (C=O) groups excluding carboxylic acids is 2. The highest BCUT2D eigenvalue weighted by Crippen LogP contribution is 2.42. The molecule has 0 saturated carbocycles. The van der Waals surface area contributed by atoms with E-state index in [-0.39, 0.29) is 30.7 Å². The second-order valence-corrected chi connectivity index (χ2v) is 9.28. The predicted octanol–water partition coefficient (Wildman–Crippen LogP) is 2.27. The van der Waals surface area contributed by atoms with E-state index in [0.29, 0.717) is 25.6 Å². The van der Waals surface area contributed by atoms with Gasteiger partial charge in [0, 0.05) is 50.7 Å². The van der Waals surface area contributed by atoms with Crippen LogP contribution >= 0.6 is 0 Å². The fourth-order valence-corrected chi connectivity index (χ4v) is 5.39. The van der Waals surface area contributed by atoms with Gasteiger partial charge in [-0.1, -0.05) is 36.4 Å². The van der Waals surface area contributed by atoms with Gasteiger partial charge in [-0.25, -0.2) is 0 Å². The van der Waals surface area contributed by atoms with E-state index < -0.39 is 5.60 Å². The van der Waals surface area contributed by atoms with E-state index in [2.05, 4.69) is 17.1 Å². The fraction of sp³-hybridized carbons (Fsp3) is 0.500. The van der Waals surface area contributed by atoms with Gasteiger partial charge in [-0.05, 0) is 36.5 Å². The van der Waals surface area contributed by atoms with Gasteiger partial charge in [-0.2, -0.15) is 0 Å². The molecule has 0 N–H and O–H groups in total. The number of morpholine rings is 1. The highest BCUT2D eigenvalue weighted by molar-refractivity contribution is 5.91. The van der Waals surface area contributed by atoms with Crippen LogP contribution in [-0.4, -0.2) is 78.2 Å². The normalized spacial score (nSPS) is 26.2. The molecular weight excluding hydrogens is 418 g/mol. The molecule has 3 fully saturated rings. The van der Waals surface area contributed by atoms with Gasteiger partial charge in [0.15, 0.2) is 5.60 Å². The summed E-state index contributed by atoms with van der Waals surface area (Å²) in [6.07, 6.45) is 3.88. The first-order valence-corrected chi connectivity index (χ1v) is 11.9. The van der Waals surface area contributed by atoms with Crippen LogP contribution in [0.5, 0.6) is 0 Å². The fourth-order valence-electron chi connectivity index (χ4n) is 5.39. The third kappa shape index (κ3) is 4.52. The van der Waals surface area contributed by atoms with Gasteiger partial charge in [-0.15, -0.1) is 0 Å². The summed E-state index contributed by atoms with van der Waals surface area (Å²) in [5, 5.41) is 0. The highest BCUT2D eigenvalue weighted by atomic mass is 16.5. The van der Waals surface area contributed by atoms with Gasteiger partial charge in [0.05, 0.1) is 19.6 Å². The van der Waals surface area contributed by atoms with Crippen molar-refractivity contribution in [3.05, 3.63) is 66.0 Å². The molecule has 2 amide bonds. The molecule has 1 spiro atoms. The molecule has 7 heteroatoms. The van der Waals surface area contributed by atoms with Crippen molar-refractivity contribution in [2.75, 3.05) is 46.0 Å². The lowest BCUT2D eigenvalue weighted by Crippen LogP contribution is -2.60. The molecule has 1 aromatic heterocycles. The molecule has 5 rings (SSSR count). The Bertz CT molecular complexity index is 964. The van der Waals surface area contributed by atoms with Crippen LogP contribution in [0.2, 0.25) is 0 Å². The number of ether oxygens (including phenoxy) is 2. The van der Waals surface area contributed by atoms with E-state index in [4.69, 9.17) is 9.47 Å². The van der Waals surface area contributed by atoms with E-state index in [1.807, 2.05) is 41.3 Å². The third-order valence-corrected chi connectivity index (χ3v) is 7.19. The van der Waals surface area contributed by atoms with Crippen LogP contribution in [0, 0.1) is 5.92 Å². The third-order valence-electron chi connectivity index (χ3n) is 7.19. The van der Waals surface area contributed by atoms with Crippen molar-refractivity contribution in [3.63, 3.8) is 0 Å². The van der Waals surface area contributed by atoms with Gasteiger partial charge in [-0.3, -0.25) is 14.6 Å². The van der Waals surface area contributed by atoms with Crippen LogP contribution in [0.15, 0.2) is 54.7 Å². The minimum Gasteiger partial charge on any atom is -0.381 e. The molecule has 0 bridgehead atoms. The zero-order chi connectivity index (χ0) is 22.7. The first-order valence-electron chi connectivity index (χ1n) is 11.9. The minimum atomic E-state index is -1.04. The quantitative estimate of drug-likeness (QED) is 0.700. The van der Waals surface area contributed by atoms with Crippen molar-refractivity contribution >= 4 is 11.8 Å². The highest BCUT2D eigenvalue weighted by Gasteiger charge is 2.58. The Kier molecular flexibility index (Phi) is 6.42. The molecule has 3 saturated heterocycles. The van der Waals surface area contributed by atoms with Crippen molar-refractivity contribution in [3.8, 4) is 0 Å². The van der Waals surface area contributed by atoms with Crippen LogP contribution in [0.25, 0.3) is 0 Å². The number of carbonyl (C=O) groups is 2. The number of rotatable bonds is 5. The lowest BCUT2D eigenvalue weighted by molar-refractivity contribution is -0.167. The van der Waals surface area contributed by atoms with E-state index >= 15 is 0 Å². The van der Waals surface area contributed by atoms with E-state index in [1.54, 1.807) is 11.1 Å². The molecule has 3 aliphatic rings. The molecule has 0 unspecified atom stereocenters. The summed E-state index contributed by atoms with van der Waals surface area (Å²) in [5.41, 5.74) is 0.783. The van der Waals surface area contributed by atoms with Crippen molar-refractivity contribution in [1.82, 2.24) is 14.8 Å². The summed E-state index contributed by atoms with van der Waals surface area (Å²) in [6.45, 7) is 3.97. The number of amides is 2. The van der Waals surface area contributed by atoms with E-state index in [9.17, 15) is 9.59 Å². The van der Waals surface area contributed by atoms with Gasteiger partial charge < -0.3 is 19.3 Å². The summed E-state index contributed by atoms with van der Waals surface area (Å²) in [6, 6.07) is 15.7. The number of pyridine rings is 1. The van der Waals surface area contributed by atoms with Crippen LogP contribution in [-0.2, 0) is 25.5 Å². The molecule has 174 valence electrons. The van der Waals surface area contributed by atoms with Crippen LogP contribution in [0.4, 0.5) is 0 Å². The number of hydrogen-bond donors (Lipinski definition) is 0. The van der Waals surface area contributed by atoms with E-state index in [1.165, 1.54) is 0 Å². The Balaban J connectivity index is 1.39. The summed E-state index contributed by atoms with van der Waals surface area (Å²) in [4.78, 5) is 35.1. The predicted molar refractivity (Wildman–Crippen MR) is 123 cm³/mol. The molecule has 1 aromatic carbocycles. The molecule has 2 aromatic rings. The smallest absolute Gasteiger partial charge is 0.257 e. The Hall–Kier alpha value is -2.77. The van der Waals surface area contributed by atoms with Crippen molar-refractivity contribution in [2.24, 2.45) is 5.92 Å². The molecule has 7 nitrogen and oxygen atoms in total. The number of benzene rings is 1. The number of aromatic nitrogens is 1. The van der Waals surface area contributed by atoms with Gasteiger partial charge >= 0.3 is 0 Å². The Labute approximate surface area is 194 Å². The molecule has 0 radical (unpaired) electrons. The molecule has 2 atom stereocenters. The summed E-state index contributed by atoms with van der Waals surface area (Å²) < 4.78 is 11.8. The molecule has 4 heterocycles. The zero-order valence-corrected chi connectivity index (χ0v) is 18.9. The summed E-state index contributed by atoms with van der Waals surface area (Å²) in [7, 11) is 0. The van der Waals surface area contributed by atoms with Crippen LogP contribution in [0.3, 0.4) is 0 Å². The number of likely N-dealkylation sites (tertiary alicyclic amines) is 1. The lowest BCUT2D eigenvalue weighted by atomic mass is 9.83. The van der Waals surface area contributed by atoms with Crippen LogP contribution in [0.1, 0.15) is 30.0 Å². The monoisotopic (exact) mass is 449 g/mol. The number of hydrogen-bond acceptors (Lipinski definition) is 5. The first kappa shape index (κ1) is 22.0. The summed E-state index contributed by atoms with van der Waals surface area (Å²) >= 11 is 0. The van der Waals surface area contributed by atoms with Gasteiger partial charge in [0.25, 0.3) is 5.91 Å². The number of nitrogens with zero attached hydrogens (tertiary/aromatic N) is 3. The van der Waals surface area contributed by atoms with Crippen molar-refractivity contribution in [2.45, 2.75) is 30.8 Å². The standard InChI is InChI=1S/C26H31N3O4/c30-24(16-22-8-4-5-11-27-22)28-12-15-33-26(19-28)23(21-6-2-1-3-7-21)18-29(25(26)31)17-20-9-13-32-14-10-20/h1-8,11,20,23H,9-10,12-19H2/t23-,26+/m0/s1. The maximum absolute atomic E-state index is 13.9. The van der Waals surface area contributed by atoms with Gasteiger partial charge in [0.1, 0.15) is 0 Å². The molecular formula is C26H31N3O4. The van der Waals surface area contributed by atoms with Gasteiger partial charge in [0.2, 0.25) is 5.91 Å². The second-order valence-electron chi connectivity index (χ2n) is 9.28. The average molecular weight is 450 g/mol. The SMILES string of the molecule is O=C(Cc1ccccn1)N1CCO[C@@]2(C1)C(=O)N(CC1CCOCC1)C[C@H]2c1ccccc1. The Morgan fingerprint density at radius 2 is 1.85 bits per heavy atom. The molecule has 33 heavy (non-hydrogen) atoms. The van der Waals surface area contributed by atoms with E-state index in [0.717, 1.165) is 43.9 Å². The first-order chi connectivity index (χ1) is 16.2. The summed E-state index contributed by atoms with van der Waals surface area (Å²) in [5.74, 6) is 0.327. The minimum absolute atomic E-state index is 0.0122. The van der Waals surface area contributed by atoms with Crippen LogP contribution < -0.4 is 0 Å². The average Bonchev–Trinajstić information content (AvgIpc) is 3.11. The van der Waals surface area contributed by atoms with Crippen molar-refractivity contribution < 1.29 is 19.1 Å². The molecule has 0 aliphatic carbocycles. The Morgan fingerprint density at radius 3 is 2.61 bits per heavy atom. The topological polar surface area (TPSA) is 72.0 Å². The van der Waals surface area contributed by atoms with Crippen molar-refractivity contribution in [1.29, 1.82) is 0 Å². The Morgan fingerprint density at radius 1 is 1.06 bits per heavy atom. The maximum atomic E-state index is 13.9. The second kappa shape index (κ2) is 9.61. The lowest BCUT2D eigenvalue weighted by Gasteiger charge is -2.42.